The van der Waals surface area contributed by atoms with E-state index in [1.54, 1.807) is 19.1 Å². The molecule has 0 aromatic heterocycles. The van der Waals surface area contributed by atoms with Crippen LogP contribution in [-0.2, 0) is 4.79 Å². The molecule has 4 heteroatoms. The molecule has 0 heterocycles. The zero-order valence-electron chi connectivity index (χ0n) is 8.33. The summed E-state index contributed by atoms with van der Waals surface area (Å²) in [5, 5.41) is 11.2. The molecule has 1 rings (SSSR count). The largest absolute Gasteiger partial charge is 0.326 e. The fourth-order valence-electron chi connectivity index (χ4n) is 1.03. The minimum Gasteiger partial charge on any atom is -0.326 e. The summed E-state index contributed by atoms with van der Waals surface area (Å²) in [5.41, 5.74) is 0.744. The number of nitrogens with one attached hydrogen (secondary N) is 1. The fourth-order valence-corrected chi connectivity index (χ4v) is 1.29. The van der Waals surface area contributed by atoms with Crippen LogP contribution in [0.2, 0.25) is 0 Å². The predicted octanol–water partition coefficient (Wildman–Crippen LogP) is 2.94. The number of benzene rings is 1. The van der Waals surface area contributed by atoms with Gasteiger partial charge in [0, 0.05) is 22.5 Å². The maximum Gasteiger partial charge on any atom is 0.228 e. The zero-order valence-corrected chi connectivity index (χ0v) is 9.91. The number of halogens is 1. The average Bonchev–Trinajstić information content (AvgIpc) is 2.22. The lowest BCUT2D eigenvalue weighted by molar-refractivity contribution is -0.119. The Labute approximate surface area is 97.2 Å². The van der Waals surface area contributed by atoms with E-state index in [1.807, 2.05) is 18.2 Å². The highest BCUT2D eigenvalue weighted by molar-refractivity contribution is 9.10. The van der Waals surface area contributed by atoms with Gasteiger partial charge in [0.25, 0.3) is 0 Å². The SMILES string of the molecule is CC(CC#N)C(=O)Nc1ccc(Br)cc1. The quantitative estimate of drug-likeness (QED) is 0.915. The molecular formula is C11H11BrN2O. The van der Waals surface area contributed by atoms with E-state index in [0.29, 0.717) is 0 Å². The predicted molar refractivity (Wildman–Crippen MR) is 62.2 cm³/mol. The van der Waals surface area contributed by atoms with Gasteiger partial charge in [0.05, 0.1) is 6.07 Å². The molecule has 0 aliphatic rings. The topological polar surface area (TPSA) is 52.9 Å². The Balaban J connectivity index is 2.59. The molecule has 0 saturated heterocycles. The van der Waals surface area contributed by atoms with Crippen LogP contribution in [0.5, 0.6) is 0 Å². The van der Waals surface area contributed by atoms with E-state index in [9.17, 15) is 4.79 Å². The Bertz CT molecular complexity index is 381. The van der Waals surface area contributed by atoms with Gasteiger partial charge in [-0.3, -0.25) is 4.79 Å². The third kappa shape index (κ3) is 3.72. The van der Waals surface area contributed by atoms with E-state index < -0.39 is 0 Å². The molecule has 0 aliphatic heterocycles. The van der Waals surface area contributed by atoms with E-state index in [1.165, 1.54) is 0 Å². The Kier molecular flexibility index (Phi) is 4.32. The van der Waals surface area contributed by atoms with Crippen LogP contribution in [0.1, 0.15) is 13.3 Å². The number of hydrogen-bond acceptors (Lipinski definition) is 2. The summed E-state index contributed by atoms with van der Waals surface area (Å²) >= 11 is 3.31. The van der Waals surface area contributed by atoms with Crippen molar-refractivity contribution in [2.24, 2.45) is 5.92 Å². The Morgan fingerprint density at radius 3 is 2.67 bits per heavy atom. The third-order valence-electron chi connectivity index (χ3n) is 1.96. The van der Waals surface area contributed by atoms with Gasteiger partial charge in [0.2, 0.25) is 5.91 Å². The van der Waals surface area contributed by atoms with E-state index in [-0.39, 0.29) is 18.2 Å². The number of anilines is 1. The first-order chi connectivity index (χ1) is 7.13. The molecule has 1 N–H and O–H groups in total. The van der Waals surface area contributed by atoms with Crippen LogP contribution in [0.15, 0.2) is 28.7 Å². The molecule has 0 saturated carbocycles. The number of carbonyl (C=O) groups excluding carboxylic acids is 1. The second-order valence-corrected chi connectivity index (χ2v) is 4.18. The van der Waals surface area contributed by atoms with Crippen molar-refractivity contribution in [1.29, 1.82) is 5.26 Å². The van der Waals surface area contributed by atoms with E-state index in [4.69, 9.17) is 5.26 Å². The maximum absolute atomic E-state index is 11.5. The van der Waals surface area contributed by atoms with Crippen molar-refractivity contribution < 1.29 is 4.79 Å². The minimum absolute atomic E-state index is 0.126. The summed E-state index contributed by atoms with van der Waals surface area (Å²) in [6.45, 7) is 1.73. The van der Waals surface area contributed by atoms with Crippen LogP contribution >= 0.6 is 15.9 Å². The van der Waals surface area contributed by atoms with Gasteiger partial charge in [-0.25, -0.2) is 0 Å². The van der Waals surface area contributed by atoms with Crippen molar-refractivity contribution in [3.05, 3.63) is 28.7 Å². The van der Waals surface area contributed by atoms with Crippen LogP contribution in [-0.4, -0.2) is 5.91 Å². The number of nitriles is 1. The smallest absolute Gasteiger partial charge is 0.228 e. The first-order valence-electron chi connectivity index (χ1n) is 4.57. The van der Waals surface area contributed by atoms with Gasteiger partial charge in [-0.1, -0.05) is 22.9 Å². The van der Waals surface area contributed by atoms with Gasteiger partial charge in [0.1, 0.15) is 0 Å². The van der Waals surface area contributed by atoms with Crippen molar-refractivity contribution in [3.8, 4) is 6.07 Å². The Hall–Kier alpha value is -1.34. The number of rotatable bonds is 3. The summed E-state index contributed by atoms with van der Waals surface area (Å²) < 4.78 is 0.963. The summed E-state index contributed by atoms with van der Waals surface area (Å²) in [6, 6.07) is 9.29. The first kappa shape index (κ1) is 11.7. The van der Waals surface area contributed by atoms with Gasteiger partial charge < -0.3 is 5.32 Å². The Morgan fingerprint density at radius 1 is 1.53 bits per heavy atom. The summed E-state index contributed by atoms with van der Waals surface area (Å²) in [6.07, 6.45) is 0.238. The van der Waals surface area contributed by atoms with Crippen LogP contribution in [0.4, 0.5) is 5.69 Å². The molecule has 78 valence electrons. The highest BCUT2D eigenvalue weighted by Crippen LogP contribution is 2.15. The second-order valence-electron chi connectivity index (χ2n) is 3.26. The molecule has 0 fully saturated rings. The molecule has 0 bridgehead atoms. The van der Waals surface area contributed by atoms with Gasteiger partial charge in [-0.2, -0.15) is 5.26 Å². The monoisotopic (exact) mass is 266 g/mol. The number of amides is 1. The molecule has 0 radical (unpaired) electrons. The molecule has 15 heavy (non-hydrogen) atoms. The fraction of sp³-hybridized carbons (Fsp3) is 0.273. The van der Waals surface area contributed by atoms with Gasteiger partial charge in [-0.15, -0.1) is 0 Å². The molecule has 1 unspecified atom stereocenters. The van der Waals surface area contributed by atoms with Crippen LogP contribution in [0, 0.1) is 17.2 Å². The summed E-state index contributed by atoms with van der Waals surface area (Å²) in [7, 11) is 0. The van der Waals surface area contributed by atoms with E-state index in [2.05, 4.69) is 21.2 Å². The number of nitrogens with zero attached hydrogens (tertiary/aromatic N) is 1. The van der Waals surface area contributed by atoms with E-state index in [0.717, 1.165) is 10.2 Å². The number of hydrogen-bond donors (Lipinski definition) is 1. The van der Waals surface area contributed by atoms with Crippen LogP contribution < -0.4 is 5.32 Å². The molecule has 1 atom stereocenters. The number of carbonyl (C=O) groups is 1. The van der Waals surface area contributed by atoms with Gasteiger partial charge in [0.15, 0.2) is 0 Å². The normalized spacial score (nSPS) is 11.5. The lowest BCUT2D eigenvalue weighted by Crippen LogP contribution is -2.19. The van der Waals surface area contributed by atoms with Crippen molar-refractivity contribution in [2.75, 3.05) is 5.32 Å². The molecule has 1 aromatic rings. The molecule has 0 aliphatic carbocycles. The van der Waals surface area contributed by atoms with Crippen molar-refractivity contribution in [1.82, 2.24) is 0 Å². The molecule has 1 aromatic carbocycles. The van der Waals surface area contributed by atoms with Crippen molar-refractivity contribution in [2.45, 2.75) is 13.3 Å². The van der Waals surface area contributed by atoms with Crippen LogP contribution in [0.25, 0.3) is 0 Å². The van der Waals surface area contributed by atoms with Crippen molar-refractivity contribution >= 4 is 27.5 Å². The molecule has 3 nitrogen and oxygen atoms in total. The average molecular weight is 267 g/mol. The third-order valence-corrected chi connectivity index (χ3v) is 2.49. The highest BCUT2D eigenvalue weighted by atomic mass is 79.9. The second kappa shape index (κ2) is 5.52. The molecular weight excluding hydrogens is 256 g/mol. The van der Waals surface area contributed by atoms with E-state index >= 15 is 0 Å². The highest BCUT2D eigenvalue weighted by Gasteiger charge is 2.11. The van der Waals surface area contributed by atoms with Gasteiger partial charge in [-0.05, 0) is 24.3 Å². The minimum atomic E-state index is -0.279. The van der Waals surface area contributed by atoms with Gasteiger partial charge >= 0.3 is 0 Å². The molecule has 0 spiro atoms. The van der Waals surface area contributed by atoms with Crippen molar-refractivity contribution in [3.63, 3.8) is 0 Å². The lowest BCUT2D eigenvalue weighted by atomic mass is 10.1. The Morgan fingerprint density at radius 2 is 2.13 bits per heavy atom. The lowest BCUT2D eigenvalue weighted by Gasteiger charge is -2.08. The maximum atomic E-state index is 11.5. The summed E-state index contributed by atoms with van der Waals surface area (Å²) in [5.74, 6) is -0.405. The molecule has 1 amide bonds. The first-order valence-corrected chi connectivity index (χ1v) is 5.36. The zero-order chi connectivity index (χ0) is 11.3. The van der Waals surface area contributed by atoms with Crippen LogP contribution in [0.3, 0.4) is 0 Å². The summed E-state index contributed by atoms with van der Waals surface area (Å²) in [4.78, 5) is 11.5. The standard InChI is InChI=1S/C11H11BrN2O/c1-8(6-7-13)11(15)14-10-4-2-9(12)3-5-10/h2-5,8H,6H2,1H3,(H,14,15).